The van der Waals surface area contributed by atoms with Crippen LogP contribution in [0.15, 0.2) is 36.4 Å². The Balaban J connectivity index is 1.73. The Hall–Kier alpha value is -1.69. The Labute approximate surface area is 115 Å². The second-order valence-corrected chi connectivity index (χ2v) is 4.71. The molecule has 0 aliphatic heterocycles. The van der Waals surface area contributed by atoms with Crippen LogP contribution in [0.4, 0.5) is 13.2 Å². The smallest absolute Gasteiger partial charge is 0.489 e. The molecule has 0 unspecified atom stereocenters. The van der Waals surface area contributed by atoms with E-state index in [4.69, 9.17) is 4.74 Å². The number of ether oxygens (including phenoxy) is 2. The van der Waals surface area contributed by atoms with Gasteiger partial charge in [-0.2, -0.15) is 0 Å². The third-order valence-electron chi connectivity index (χ3n) is 2.72. The minimum atomic E-state index is -4.68. The van der Waals surface area contributed by atoms with E-state index in [1.165, 1.54) is 37.1 Å². The highest BCUT2D eigenvalue weighted by molar-refractivity contribution is 5.31. The molecule has 1 N–H and O–H groups in total. The predicted octanol–water partition coefficient (Wildman–Crippen LogP) is 3.27. The third-order valence-corrected chi connectivity index (χ3v) is 2.72. The van der Waals surface area contributed by atoms with Crippen LogP contribution in [0.25, 0.3) is 0 Å². The number of halogens is 3. The molecular weight excluding hydrogens is 271 g/mol. The van der Waals surface area contributed by atoms with E-state index in [2.05, 4.69) is 16.6 Å². The molecule has 1 fully saturated rings. The first-order valence-corrected chi connectivity index (χ1v) is 6.31. The molecular formula is C14H16F3NO2. The van der Waals surface area contributed by atoms with E-state index >= 15 is 0 Å². The molecule has 0 radical (unpaired) electrons. The normalized spacial score (nSPS) is 14.9. The molecule has 20 heavy (non-hydrogen) atoms. The van der Waals surface area contributed by atoms with Crippen LogP contribution in [0.3, 0.4) is 0 Å². The van der Waals surface area contributed by atoms with E-state index < -0.39 is 6.36 Å². The monoisotopic (exact) mass is 287 g/mol. The van der Waals surface area contributed by atoms with Crippen molar-refractivity contribution in [1.29, 1.82) is 0 Å². The van der Waals surface area contributed by atoms with Gasteiger partial charge in [-0.1, -0.05) is 6.58 Å². The molecule has 0 heterocycles. The summed E-state index contributed by atoms with van der Waals surface area (Å²) in [6.07, 6.45) is -2.27. The van der Waals surface area contributed by atoms with Crippen LogP contribution < -0.4 is 14.8 Å². The molecule has 1 saturated carbocycles. The average molecular weight is 287 g/mol. The van der Waals surface area contributed by atoms with Crippen molar-refractivity contribution in [1.82, 2.24) is 5.32 Å². The zero-order valence-electron chi connectivity index (χ0n) is 10.9. The van der Waals surface area contributed by atoms with Gasteiger partial charge in [0.25, 0.3) is 0 Å². The molecule has 0 amide bonds. The van der Waals surface area contributed by atoms with Crippen LogP contribution in [0.5, 0.6) is 11.5 Å². The van der Waals surface area contributed by atoms with Crippen LogP contribution >= 0.6 is 0 Å². The largest absolute Gasteiger partial charge is 0.573 e. The summed E-state index contributed by atoms with van der Waals surface area (Å²) in [5, 5.41) is 3.30. The molecule has 1 aliphatic rings. The maximum atomic E-state index is 12.0. The van der Waals surface area contributed by atoms with Crippen LogP contribution in [-0.4, -0.2) is 25.6 Å². The van der Waals surface area contributed by atoms with Crippen molar-refractivity contribution in [2.24, 2.45) is 0 Å². The highest BCUT2D eigenvalue weighted by atomic mass is 19.4. The minimum Gasteiger partial charge on any atom is -0.489 e. The lowest BCUT2D eigenvalue weighted by Gasteiger charge is -2.11. The van der Waals surface area contributed by atoms with Crippen molar-refractivity contribution >= 4 is 0 Å². The van der Waals surface area contributed by atoms with Crippen molar-refractivity contribution < 1.29 is 22.6 Å². The lowest BCUT2D eigenvalue weighted by molar-refractivity contribution is -0.274. The van der Waals surface area contributed by atoms with E-state index in [0.29, 0.717) is 24.9 Å². The molecule has 1 aromatic rings. The molecule has 0 bridgehead atoms. The number of hydrogen-bond donors (Lipinski definition) is 1. The molecule has 1 aliphatic carbocycles. The van der Waals surface area contributed by atoms with Crippen LogP contribution in [-0.2, 0) is 0 Å². The van der Waals surface area contributed by atoms with Gasteiger partial charge in [-0.05, 0) is 42.7 Å². The maximum absolute atomic E-state index is 12.0. The van der Waals surface area contributed by atoms with Gasteiger partial charge in [0.05, 0.1) is 0 Å². The van der Waals surface area contributed by atoms with Crippen LogP contribution in [0, 0.1) is 0 Å². The summed E-state index contributed by atoms with van der Waals surface area (Å²) >= 11 is 0. The van der Waals surface area contributed by atoms with Gasteiger partial charge in [-0.15, -0.1) is 13.2 Å². The quantitative estimate of drug-likeness (QED) is 0.781. The van der Waals surface area contributed by atoms with Crippen molar-refractivity contribution in [3.05, 3.63) is 36.4 Å². The SMILES string of the molecule is C=C(CNC1CC1)COc1ccc(OC(F)(F)F)cc1. The summed E-state index contributed by atoms with van der Waals surface area (Å²) in [4.78, 5) is 0. The molecule has 110 valence electrons. The number of hydrogen-bond acceptors (Lipinski definition) is 3. The second kappa shape index (κ2) is 6.17. The Morgan fingerprint density at radius 2 is 1.80 bits per heavy atom. The molecule has 0 saturated heterocycles. The molecule has 0 atom stereocenters. The fourth-order valence-corrected chi connectivity index (χ4v) is 1.55. The van der Waals surface area contributed by atoms with Crippen molar-refractivity contribution in [3.63, 3.8) is 0 Å². The Bertz CT molecular complexity index is 452. The molecule has 0 spiro atoms. The zero-order valence-corrected chi connectivity index (χ0v) is 10.9. The molecule has 6 heteroatoms. The zero-order chi connectivity index (χ0) is 14.6. The van der Waals surface area contributed by atoms with E-state index in [-0.39, 0.29) is 5.75 Å². The highest BCUT2D eigenvalue weighted by Crippen LogP contribution is 2.24. The lowest BCUT2D eigenvalue weighted by atomic mass is 10.3. The van der Waals surface area contributed by atoms with E-state index in [1.807, 2.05) is 0 Å². The summed E-state index contributed by atoms with van der Waals surface area (Å²) in [5.41, 5.74) is 0.896. The molecule has 2 rings (SSSR count). The summed E-state index contributed by atoms with van der Waals surface area (Å²) < 4.78 is 45.1. The number of rotatable bonds is 7. The van der Waals surface area contributed by atoms with Crippen molar-refractivity contribution in [3.8, 4) is 11.5 Å². The Morgan fingerprint density at radius 1 is 1.20 bits per heavy atom. The van der Waals surface area contributed by atoms with Gasteiger partial charge in [-0.3, -0.25) is 0 Å². The van der Waals surface area contributed by atoms with Gasteiger partial charge in [0.1, 0.15) is 18.1 Å². The first kappa shape index (κ1) is 14.7. The van der Waals surface area contributed by atoms with Gasteiger partial charge in [-0.25, -0.2) is 0 Å². The minimum absolute atomic E-state index is 0.265. The Kier molecular flexibility index (Phi) is 4.54. The fraction of sp³-hybridized carbons (Fsp3) is 0.429. The number of nitrogens with one attached hydrogen (secondary N) is 1. The summed E-state index contributed by atoms with van der Waals surface area (Å²) in [7, 11) is 0. The topological polar surface area (TPSA) is 30.5 Å². The molecule has 3 nitrogen and oxygen atoms in total. The van der Waals surface area contributed by atoms with Gasteiger partial charge >= 0.3 is 6.36 Å². The number of benzene rings is 1. The van der Waals surface area contributed by atoms with Crippen molar-refractivity contribution in [2.45, 2.75) is 25.2 Å². The second-order valence-electron chi connectivity index (χ2n) is 4.71. The molecule has 1 aromatic carbocycles. The fourth-order valence-electron chi connectivity index (χ4n) is 1.55. The van der Waals surface area contributed by atoms with Gasteiger partial charge in [0, 0.05) is 12.6 Å². The van der Waals surface area contributed by atoms with Gasteiger partial charge in [0.2, 0.25) is 0 Å². The standard InChI is InChI=1S/C14H16F3NO2/c1-10(8-18-11-2-3-11)9-19-12-4-6-13(7-5-12)20-14(15,16)17/h4-7,11,18H,1-3,8-9H2. The lowest BCUT2D eigenvalue weighted by Crippen LogP contribution is -2.21. The summed E-state index contributed by atoms with van der Waals surface area (Å²) in [6.45, 7) is 4.90. The first-order chi connectivity index (χ1) is 9.42. The highest BCUT2D eigenvalue weighted by Gasteiger charge is 2.30. The summed E-state index contributed by atoms with van der Waals surface area (Å²) in [6, 6.07) is 5.90. The Morgan fingerprint density at radius 3 is 2.35 bits per heavy atom. The van der Waals surface area contributed by atoms with E-state index in [9.17, 15) is 13.2 Å². The first-order valence-electron chi connectivity index (χ1n) is 6.31. The van der Waals surface area contributed by atoms with E-state index in [1.54, 1.807) is 0 Å². The van der Waals surface area contributed by atoms with E-state index in [0.717, 1.165) is 5.57 Å². The van der Waals surface area contributed by atoms with Crippen molar-refractivity contribution in [2.75, 3.05) is 13.2 Å². The third kappa shape index (κ3) is 5.52. The van der Waals surface area contributed by atoms with Gasteiger partial charge in [0.15, 0.2) is 0 Å². The predicted molar refractivity (Wildman–Crippen MR) is 68.8 cm³/mol. The van der Waals surface area contributed by atoms with Gasteiger partial charge < -0.3 is 14.8 Å². The van der Waals surface area contributed by atoms with Crippen LogP contribution in [0.1, 0.15) is 12.8 Å². The summed E-state index contributed by atoms with van der Waals surface area (Å²) in [5.74, 6) is 0.214. The average Bonchev–Trinajstić information content (AvgIpc) is 3.17. The van der Waals surface area contributed by atoms with Crippen LogP contribution in [0.2, 0.25) is 0 Å². The number of alkyl halides is 3. The maximum Gasteiger partial charge on any atom is 0.573 e. The molecule has 0 aromatic heterocycles.